The van der Waals surface area contributed by atoms with Crippen LogP contribution in [-0.2, 0) is 11.2 Å². The lowest BCUT2D eigenvalue weighted by Gasteiger charge is -2.32. The van der Waals surface area contributed by atoms with Crippen LogP contribution in [0.15, 0.2) is 78.3 Å². The number of pyridine rings is 1. The Morgan fingerprint density at radius 3 is 2.64 bits per heavy atom. The fourth-order valence-corrected chi connectivity index (χ4v) is 5.80. The van der Waals surface area contributed by atoms with Crippen molar-refractivity contribution in [1.82, 2.24) is 20.2 Å². The van der Waals surface area contributed by atoms with Gasteiger partial charge in [-0.3, -0.25) is 14.6 Å². The fourth-order valence-electron chi connectivity index (χ4n) is 5.13. The van der Waals surface area contributed by atoms with Gasteiger partial charge in [0.2, 0.25) is 5.91 Å². The first-order valence-electron chi connectivity index (χ1n) is 13.5. The molecule has 4 aromatic rings. The van der Waals surface area contributed by atoms with Gasteiger partial charge in [0.05, 0.1) is 17.0 Å². The van der Waals surface area contributed by atoms with E-state index in [0.29, 0.717) is 31.0 Å². The normalized spacial score (nSPS) is 14.2. The molecule has 2 N–H and O–H groups in total. The van der Waals surface area contributed by atoms with Crippen LogP contribution < -0.4 is 5.32 Å². The molecule has 1 saturated heterocycles. The number of nitrogens with zero attached hydrogens (tertiary/aromatic N) is 2. The summed E-state index contributed by atoms with van der Waals surface area (Å²) in [6.45, 7) is 3.88. The first-order chi connectivity index (χ1) is 19.1. The summed E-state index contributed by atoms with van der Waals surface area (Å²) >= 11 is 1.52. The Balaban J connectivity index is 1.14. The number of fused-ring (bicyclic) bond motifs is 1. The molecule has 200 valence electrons. The minimum atomic E-state index is -0.0857. The van der Waals surface area contributed by atoms with Gasteiger partial charge in [0.1, 0.15) is 0 Å². The maximum Gasteiger partial charge on any atom is 0.253 e. The highest BCUT2D eigenvalue weighted by molar-refractivity contribution is 8.02. The third-order valence-electron chi connectivity index (χ3n) is 7.26. The minimum absolute atomic E-state index is 0.0857. The first-order valence-corrected chi connectivity index (χ1v) is 14.5. The topological polar surface area (TPSA) is 78.1 Å². The number of carbonyl (C=O) groups excluding carboxylic acids is 2. The summed E-state index contributed by atoms with van der Waals surface area (Å²) in [4.78, 5) is 36.0. The molecule has 0 spiro atoms. The van der Waals surface area contributed by atoms with Crippen LogP contribution in [0.25, 0.3) is 17.0 Å². The van der Waals surface area contributed by atoms with Gasteiger partial charge in [-0.05, 0) is 67.0 Å². The van der Waals surface area contributed by atoms with Gasteiger partial charge in [0, 0.05) is 48.3 Å². The molecule has 5 rings (SSSR count). The molecule has 39 heavy (non-hydrogen) atoms. The summed E-state index contributed by atoms with van der Waals surface area (Å²) in [7, 11) is 0. The molecule has 1 aliphatic heterocycles. The zero-order chi connectivity index (χ0) is 27.0. The summed E-state index contributed by atoms with van der Waals surface area (Å²) in [6, 6.07) is 22.1. The Morgan fingerprint density at radius 1 is 1.05 bits per heavy atom. The van der Waals surface area contributed by atoms with Crippen molar-refractivity contribution >= 4 is 40.6 Å². The number of carbonyl (C=O) groups is 2. The summed E-state index contributed by atoms with van der Waals surface area (Å²) in [5.74, 6) is 0.663. The average molecular weight is 539 g/mol. The van der Waals surface area contributed by atoms with Crippen LogP contribution in [0.2, 0.25) is 0 Å². The van der Waals surface area contributed by atoms with E-state index in [-0.39, 0.29) is 17.7 Å². The second-order valence-corrected chi connectivity index (χ2v) is 10.8. The molecular weight excluding hydrogens is 504 g/mol. The monoisotopic (exact) mass is 538 g/mol. The fraction of sp³-hybridized carbons (Fsp3) is 0.281. The molecule has 7 heteroatoms. The van der Waals surface area contributed by atoms with Crippen LogP contribution in [0.1, 0.15) is 51.6 Å². The highest BCUT2D eigenvalue weighted by Crippen LogP contribution is 2.30. The van der Waals surface area contributed by atoms with Crippen LogP contribution in [-0.4, -0.2) is 52.1 Å². The van der Waals surface area contributed by atoms with Crippen molar-refractivity contribution in [3.63, 3.8) is 0 Å². The smallest absolute Gasteiger partial charge is 0.253 e. The average Bonchev–Trinajstić information content (AvgIpc) is 3.39. The third kappa shape index (κ3) is 6.79. The number of para-hydroxylation sites is 1. The van der Waals surface area contributed by atoms with Gasteiger partial charge in [-0.2, -0.15) is 0 Å². The number of aryl methyl sites for hydroxylation is 1. The van der Waals surface area contributed by atoms with E-state index < -0.39 is 0 Å². The van der Waals surface area contributed by atoms with Crippen LogP contribution >= 0.6 is 11.8 Å². The number of hydrogen-bond donors (Lipinski definition) is 2. The number of amides is 2. The van der Waals surface area contributed by atoms with Gasteiger partial charge < -0.3 is 15.2 Å². The Hall–Kier alpha value is -3.84. The number of thioether (sulfide) groups is 1. The zero-order valence-corrected chi connectivity index (χ0v) is 23.0. The summed E-state index contributed by atoms with van der Waals surface area (Å²) < 4.78 is 0. The molecular formula is C32H34N4O2S. The van der Waals surface area contributed by atoms with Crippen molar-refractivity contribution < 1.29 is 9.59 Å². The van der Waals surface area contributed by atoms with E-state index in [1.54, 1.807) is 0 Å². The second-order valence-electron chi connectivity index (χ2n) is 9.93. The van der Waals surface area contributed by atoms with Gasteiger partial charge in [-0.1, -0.05) is 48.5 Å². The number of nitrogens with one attached hydrogen (secondary N) is 2. The number of rotatable bonds is 9. The van der Waals surface area contributed by atoms with E-state index in [0.717, 1.165) is 41.7 Å². The van der Waals surface area contributed by atoms with E-state index in [1.807, 2.05) is 84.1 Å². The summed E-state index contributed by atoms with van der Waals surface area (Å²) in [5, 5.41) is 6.28. The first kappa shape index (κ1) is 26.8. The number of aromatic amines is 1. The van der Waals surface area contributed by atoms with Gasteiger partial charge >= 0.3 is 0 Å². The van der Waals surface area contributed by atoms with Crippen LogP contribution in [0.5, 0.6) is 0 Å². The molecule has 1 aliphatic rings. The van der Waals surface area contributed by atoms with Crippen LogP contribution in [0, 0.1) is 6.92 Å². The molecule has 0 radical (unpaired) electrons. The molecule has 0 aliphatic carbocycles. The second kappa shape index (κ2) is 12.8. The highest BCUT2D eigenvalue weighted by Gasteiger charge is 2.27. The minimum Gasteiger partial charge on any atom is -0.361 e. The van der Waals surface area contributed by atoms with Crippen molar-refractivity contribution in [2.45, 2.75) is 32.1 Å². The lowest BCUT2D eigenvalue weighted by atomic mass is 9.89. The van der Waals surface area contributed by atoms with Crippen molar-refractivity contribution in [1.29, 1.82) is 0 Å². The summed E-state index contributed by atoms with van der Waals surface area (Å²) in [5.41, 5.74) is 5.83. The third-order valence-corrected chi connectivity index (χ3v) is 8.00. The predicted molar refractivity (Wildman–Crippen MR) is 160 cm³/mol. The number of likely N-dealkylation sites (tertiary alicyclic amines) is 1. The van der Waals surface area contributed by atoms with Crippen molar-refractivity contribution in [2.75, 3.05) is 25.4 Å². The molecule has 3 heterocycles. The Morgan fingerprint density at radius 2 is 1.82 bits per heavy atom. The Bertz CT molecular complexity index is 1460. The van der Waals surface area contributed by atoms with E-state index in [1.165, 1.54) is 22.7 Å². The van der Waals surface area contributed by atoms with Crippen molar-refractivity contribution in [2.24, 2.45) is 0 Å². The standard InChI is InChI=1S/C32H34N4O2S/c1-23-11-12-28(32(38)33-17-13-26-21-34-29-10-6-5-9-27(26)29)31(35-23)25-14-18-36(19-15-25)30(37)22-39-20-16-24-7-3-2-4-8-24/h2-12,16,20-21,25,34H,13-15,17-19,22H2,1H3,(H,33,38)/b20-16+. The van der Waals surface area contributed by atoms with E-state index in [4.69, 9.17) is 4.98 Å². The van der Waals surface area contributed by atoms with Gasteiger partial charge in [-0.15, -0.1) is 11.8 Å². The lowest BCUT2D eigenvalue weighted by Crippen LogP contribution is -2.39. The number of benzene rings is 2. The molecule has 2 amide bonds. The van der Waals surface area contributed by atoms with Crippen LogP contribution in [0.3, 0.4) is 0 Å². The number of hydrogen-bond acceptors (Lipinski definition) is 4. The summed E-state index contributed by atoms with van der Waals surface area (Å²) in [6.07, 6.45) is 6.41. The molecule has 2 aromatic heterocycles. The molecule has 1 fully saturated rings. The highest BCUT2D eigenvalue weighted by atomic mass is 32.2. The zero-order valence-electron chi connectivity index (χ0n) is 22.2. The van der Waals surface area contributed by atoms with Gasteiger partial charge in [0.15, 0.2) is 0 Å². The van der Waals surface area contributed by atoms with Gasteiger partial charge in [-0.25, -0.2) is 0 Å². The lowest BCUT2D eigenvalue weighted by molar-refractivity contribution is -0.129. The van der Waals surface area contributed by atoms with E-state index >= 15 is 0 Å². The van der Waals surface area contributed by atoms with E-state index in [2.05, 4.69) is 22.4 Å². The molecule has 0 saturated carbocycles. The van der Waals surface area contributed by atoms with Gasteiger partial charge in [0.25, 0.3) is 5.91 Å². The Kier molecular flexibility index (Phi) is 8.78. The van der Waals surface area contributed by atoms with Crippen LogP contribution in [0.4, 0.5) is 0 Å². The van der Waals surface area contributed by atoms with Crippen molar-refractivity contribution in [3.8, 4) is 0 Å². The Labute approximate surface area is 233 Å². The molecule has 6 nitrogen and oxygen atoms in total. The quantitative estimate of drug-likeness (QED) is 0.276. The SMILES string of the molecule is Cc1ccc(C(=O)NCCc2c[nH]c3ccccc23)c(C2CCN(C(=O)CS/C=C/c3ccccc3)CC2)n1. The molecule has 0 unspecified atom stereocenters. The molecule has 0 bridgehead atoms. The van der Waals surface area contributed by atoms with E-state index in [9.17, 15) is 9.59 Å². The predicted octanol–water partition coefficient (Wildman–Crippen LogP) is 5.95. The molecule has 0 atom stereocenters. The number of piperidine rings is 1. The number of H-pyrrole nitrogens is 1. The van der Waals surface area contributed by atoms with Crippen molar-refractivity contribution in [3.05, 3.63) is 106 Å². The number of aromatic nitrogens is 2. The maximum atomic E-state index is 13.2. The maximum absolute atomic E-state index is 13.2. The molecule has 2 aromatic carbocycles. The largest absolute Gasteiger partial charge is 0.361 e.